The van der Waals surface area contributed by atoms with Crippen molar-refractivity contribution in [3.63, 3.8) is 0 Å². The first kappa shape index (κ1) is 25.8. The van der Waals surface area contributed by atoms with E-state index in [0.717, 1.165) is 17.2 Å². The normalized spacial score (nSPS) is 16.9. The number of benzene rings is 3. The van der Waals surface area contributed by atoms with E-state index in [4.69, 9.17) is 37.2 Å². The molecule has 2 heterocycles. The van der Waals surface area contributed by atoms with Gasteiger partial charge in [-0.15, -0.1) is 0 Å². The number of aromatic carboxylic acids is 1. The van der Waals surface area contributed by atoms with Crippen LogP contribution in [0.2, 0.25) is 10.0 Å². The third-order valence-corrected chi connectivity index (χ3v) is 7.12. The number of carbonyl (C=O) groups is 1. The molecule has 1 aromatic heterocycles. The number of carboxylic acid groups (broad SMARTS) is 1. The van der Waals surface area contributed by atoms with Gasteiger partial charge in [0.15, 0.2) is 0 Å². The van der Waals surface area contributed by atoms with Crippen LogP contribution in [0.3, 0.4) is 0 Å². The van der Waals surface area contributed by atoms with E-state index >= 15 is 0 Å². The van der Waals surface area contributed by atoms with E-state index < -0.39 is 11.6 Å². The minimum Gasteiger partial charge on any atom is -0.493 e. The van der Waals surface area contributed by atoms with Crippen LogP contribution in [0, 0.1) is 11.8 Å². The summed E-state index contributed by atoms with van der Waals surface area (Å²) in [4.78, 5) is 29.1. The molecular formula is C29H23Cl2NO6. The van der Waals surface area contributed by atoms with Gasteiger partial charge in [-0.1, -0.05) is 66.5 Å². The van der Waals surface area contributed by atoms with Gasteiger partial charge in [-0.25, -0.2) is 9.59 Å². The highest BCUT2D eigenvalue weighted by atomic mass is 35.5. The van der Waals surface area contributed by atoms with Gasteiger partial charge < -0.3 is 19.1 Å². The Morgan fingerprint density at radius 1 is 1.03 bits per heavy atom. The molecule has 0 saturated carbocycles. The summed E-state index contributed by atoms with van der Waals surface area (Å²) in [6.07, 6.45) is -0.195. The summed E-state index contributed by atoms with van der Waals surface area (Å²) < 4.78 is 11.4. The van der Waals surface area contributed by atoms with Gasteiger partial charge in [0.05, 0.1) is 21.5 Å². The Balaban J connectivity index is 1.37. The predicted molar refractivity (Wildman–Crippen MR) is 147 cm³/mol. The fourth-order valence-corrected chi connectivity index (χ4v) is 5.19. The van der Waals surface area contributed by atoms with E-state index in [1.54, 1.807) is 36.4 Å². The first-order chi connectivity index (χ1) is 18.2. The number of oxime groups is 1. The average molecular weight is 552 g/mol. The van der Waals surface area contributed by atoms with Gasteiger partial charge in [0, 0.05) is 17.0 Å². The Morgan fingerprint density at radius 2 is 1.71 bits per heavy atom. The molecule has 0 radical (unpaired) electrons. The highest BCUT2D eigenvalue weighted by Crippen LogP contribution is 2.35. The van der Waals surface area contributed by atoms with Crippen LogP contribution >= 0.6 is 23.2 Å². The molecule has 0 bridgehead atoms. The van der Waals surface area contributed by atoms with Crippen molar-refractivity contribution in [1.82, 2.24) is 0 Å². The molecule has 0 amide bonds. The zero-order valence-corrected chi connectivity index (χ0v) is 22.0. The smallest absolute Gasteiger partial charge is 0.337 e. The minimum absolute atomic E-state index is 0.0943. The van der Waals surface area contributed by atoms with Gasteiger partial charge in [-0.3, -0.25) is 0 Å². The summed E-state index contributed by atoms with van der Waals surface area (Å²) in [5, 5.41) is 15.1. The summed E-state index contributed by atoms with van der Waals surface area (Å²) in [6, 6.07) is 18.8. The number of halogens is 2. The van der Waals surface area contributed by atoms with Crippen molar-refractivity contribution in [3.8, 4) is 16.9 Å². The van der Waals surface area contributed by atoms with Crippen molar-refractivity contribution in [2.45, 2.75) is 20.0 Å². The van der Waals surface area contributed by atoms with Gasteiger partial charge in [0.25, 0.3) is 0 Å². The van der Waals surface area contributed by atoms with Crippen molar-refractivity contribution in [2.24, 2.45) is 17.0 Å². The molecule has 3 aromatic carbocycles. The number of hydrogen-bond acceptors (Lipinski definition) is 6. The lowest BCUT2D eigenvalue weighted by molar-refractivity contribution is 0.0178. The van der Waals surface area contributed by atoms with Crippen LogP contribution in [0.5, 0.6) is 5.75 Å². The van der Waals surface area contributed by atoms with Crippen molar-refractivity contribution < 1.29 is 23.9 Å². The van der Waals surface area contributed by atoms with Crippen LogP contribution in [0.25, 0.3) is 22.1 Å². The van der Waals surface area contributed by atoms with E-state index in [9.17, 15) is 14.7 Å². The second-order valence-corrected chi connectivity index (χ2v) is 10.1. The topological polar surface area (TPSA) is 98.3 Å². The molecule has 1 aliphatic rings. The summed E-state index contributed by atoms with van der Waals surface area (Å²) in [5.41, 5.74) is 2.32. The molecule has 1 aliphatic heterocycles. The molecule has 194 valence electrons. The van der Waals surface area contributed by atoms with Crippen LogP contribution in [0.1, 0.15) is 29.8 Å². The second kappa shape index (κ2) is 10.5. The lowest BCUT2D eigenvalue weighted by Crippen LogP contribution is -2.33. The zero-order valence-electron chi connectivity index (χ0n) is 20.5. The van der Waals surface area contributed by atoms with Crippen LogP contribution < -0.4 is 10.4 Å². The first-order valence-corrected chi connectivity index (χ1v) is 12.7. The molecule has 38 heavy (non-hydrogen) atoms. The maximum absolute atomic E-state index is 11.8. The van der Waals surface area contributed by atoms with Gasteiger partial charge in [-0.05, 0) is 53.4 Å². The second-order valence-electron chi connectivity index (χ2n) is 9.32. The average Bonchev–Trinajstić information content (AvgIpc) is 3.30. The van der Waals surface area contributed by atoms with Gasteiger partial charge in [0.1, 0.15) is 29.8 Å². The number of ether oxygens (including phenoxy) is 1. The third-order valence-electron chi connectivity index (χ3n) is 6.49. The fourth-order valence-electron chi connectivity index (χ4n) is 4.60. The third kappa shape index (κ3) is 4.99. The van der Waals surface area contributed by atoms with E-state index in [0.29, 0.717) is 39.1 Å². The Bertz CT molecular complexity index is 1590. The Kier molecular flexibility index (Phi) is 7.15. The lowest BCUT2D eigenvalue weighted by atomic mass is 9.87. The van der Waals surface area contributed by atoms with Crippen molar-refractivity contribution >= 4 is 45.9 Å². The summed E-state index contributed by atoms with van der Waals surface area (Å²) >= 11 is 12.9. The number of hydrogen-bond donors (Lipinski definition) is 1. The SMILES string of the molecule is CC(C)C1ON=C(c2c(Cl)cccc2Cl)C1COc1ccc(-c2ccc3c(C(=O)O)cc(=O)oc3c2)cc1. The standard InChI is InChI=1S/C29H23Cl2NO6/c1-15(2)28-21(27(32-38-28)26-22(30)4-3-5-23(26)31)14-36-18-9-6-16(7-10-18)17-8-11-19-20(29(34)35)13-25(33)37-24(19)12-17/h3-13,15,21,28H,14H2,1-2H3,(H,34,35). The quantitative estimate of drug-likeness (QED) is 0.250. The lowest BCUT2D eigenvalue weighted by Gasteiger charge is -2.23. The molecule has 0 fully saturated rings. The number of carboxylic acids is 1. The maximum atomic E-state index is 11.8. The molecule has 2 atom stereocenters. The monoisotopic (exact) mass is 551 g/mol. The molecule has 4 aromatic rings. The number of rotatable bonds is 7. The molecule has 2 unspecified atom stereocenters. The Labute approximate surface area is 228 Å². The number of nitrogens with zero attached hydrogens (tertiary/aromatic N) is 1. The van der Waals surface area contributed by atoms with Crippen LogP contribution in [-0.2, 0) is 4.84 Å². The summed E-state index contributed by atoms with van der Waals surface area (Å²) in [5.74, 6) is -0.537. The van der Waals surface area contributed by atoms with E-state index in [2.05, 4.69) is 19.0 Å². The van der Waals surface area contributed by atoms with Gasteiger partial charge >= 0.3 is 11.6 Å². The largest absolute Gasteiger partial charge is 0.493 e. The molecule has 0 spiro atoms. The molecule has 7 nitrogen and oxygen atoms in total. The van der Waals surface area contributed by atoms with Gasteiger partial charge in [-0.2, -0.15) is 0 Å². The Hall–Kier alpha value is -3.81. The summed E-state index contributed by atoms with van der Waals surface area (Å²) in [7, 11) is 0. The predicted octanol–water partition coefficient (Wildman–Crippen LogP) is 6.92. The maximum Gasteiger partial charge on any atom is 0.337 e. The zero-order chi connectivity index (χ0) is 27.0. The molecule has 0 saturated heterocycles. The van der Waals surface area contributed by atoms with E-state index in [-0.39, 0.29) is 29.1 Å². The van der Waals surface area contributed by atoms with Crippen LogP contribution in [0.15, 0.2) is 81.1 Å². The molecular weight excluding hydrogens is 529 g/mol. The highest BCUT2D eigenvalue weighted by molar-refractivity contribution is 6.40. The molecule has 0 aliphatic carbocycles. The highest BCUT2D eigenvalue weighted by Gasteiger charge is 2.39. The summed E-state index contributed by atoms with van der Waals surface area (Å²) in [6.45, 7) is 4.43. The van der Waals surface area contributed by atoms with Crippen molar-refractivity contribution in [3.05, 3.63) is 98.3 Å². The molecule has 5 rings (SSSR count). The van der Waals surface area contributed by atoms with Crippen LogP contribution in [0.4, 0.5) is 0 Å². The van der Waals surface area contributed by atoms with E-state index in [1.165, 1.54) is 0 Å². The molecule has 1 N–H and O–H groups in total. The van der Waals surface area contributed by atoms with Gasteiger partial charge in [0.2, 0.25) is 0 Å². The number of fused-ring (bicyclic) bond motifs is 1. The minimum atomic E-state index is -1.19. The van der Waals surface area contributed by atoms with Crippen molar-refractivity contribution in [2.75, 3.05) is 6.61 Å². The fraction of sp³-hybridized carbons (Fsp3) is 0.207. The van der Waals surface area contributed by atoms with E-state index in [1.807, 2.05) is 24.3 Å². The Morgan fingerprint density at radius 3 is 2.37 bits per heavy atom. The first-order valence-electron chi connectivity index (χ1n) is 12.0. The van der Waals surface area contributed by atoms with Crippen molar-refractivity contribution in [1.29, 1.82) is 0 Å². The molecule has 9 heteroatoms. The van der Waals surface area contributed by atoms with Crippen LogP contribution in [-0.4, -0.2) is 29.5 Å².